The average Bonchev–Trinajstić information content (AvgIpc) is 3.32. The van der Waals surface area contributed by atoms with Gasteiger partial charge < -0.3 is 28.2 Å². The number of rotatable bonds is 16. The Morgan fingerprint density at radius 2 is 1.48 bits per heavy atom. The van der Waals surface area contributed by atoms with Gasteiger partial charge in [-0.05, 0) is 73.8 Å². The zero-order chi connectivity index (χ0) is 33.4. The van der Waals surface area contributed by atoms with Gasteiger partial charge in [-0.3, -0.25) is 14.4 Å². The van der Waals surface area contributed by atoms with Crippen LogP contribution in [0, 0.1) is 6.92 Å². The molecule has 0 unspecified atom stereocenters. The molecule has 1 aliphatic rings. The van der Waals surface area contributed by atoms with Crippen molar-refractivity contribution in [3.63, 3.8) is 0 Å². The second kappa shape index (κ2) is 16.1. The number of benzene rings is 1. The molecule has 0 radical (unpaired) electrons. The molecule has 0 fully saturated rings. The van der Waals surface area contributed by atoms with Crippen LogP contribution in [-0.2, 0) is 50.9 Å². The molecular weight excluding hydrogens is 595 g/mol. The van der Waals surface area contributed by atoms with E-state index in [1.54, 1.807) is 34.6 Å². The lowest BCUT2D eigenvalue weighted by atomic mass is 9.94. The van der Waals surface area contributed by atoms with Crippen LogP contribution in [-0.4, -0.2) is 62.4 Å². The average molecular weight is 641 g/mol. The van der Waals surface area contributed by atoms with Crippen LogP contribution in [0.15, 0.2) is 11.6 Å². The van der Waals surface area contributed by atoms with Gasteiger partial charge in [0, 0.05) is 17.5 Å². The van der Waals surface area contributed by atoms with E-state index in [-0.39, 0.29) is 36.7 Å². The largest absolute Gasteiger partial charge is 0.496 e. The number of hydrogen-bond acceptors (Lipinski definition) is 11. The highest BCUT2D eigenvalue weighted by Gasteiger charge is 2.40. The number of carbonyl (C=O) groups is 4. The monoisotopic (exact) mass is 640 g/mol. The van der Waals surface area contributed by atoms with Crippen molar-refractivity contribution in [3.05, 3.63) is 33.9 Å². The minimum Gasteiger partial charge on any atom is -0.496 e. The minimum atomic E-state index is -4.40. The van der Waals surface area contributed by atoms with Crippen LogP contribution in [0.4, 0.5) is 0 Å². The Kier molecular flexibility index (Phi) is 13.4. The Bertz CT molecular complexity index is 1290. The van der Waals surface area contributed by atoms with Crippen molar-refractivity contribution < 1.29 is 52.0 Å². The summed E-state index contributed by atoms with van der Waals surface area (Å²) in [5, 5.41) is 5.31. The topological polar surface area (TPSA) is 165 Å². The Morgan fingerprint density at radius 3 is 1.95 bits per heavy atom. The first kappa shape index (κ1) is 36.8. The van der Waals surface area contributed by atoms with Gasteiger partial charge in [-0.2, -0.15) is 0 Å². The van der Waals surface area contributed by atoms with Gasteiger partial charge in [0.2, 0.25) is 0 Å². The van der Waals surface area contributed by atoms with E-state index >= 15 is 0 Å². The summed E-state index contributed by atoms with van der Waals surface area (Å²) in [5.74, 6) is -2.19. The summed E-state index contributed by atoms with van der Waals surface area (Å²) in [6.45, 7) is 13.1. The summed E-state index contributed by atoms with van der Waals surface area (Å²) in [7, 11) is -1.63. The summed E-state index contributed by atoms with van der Waals surface area (Å²) in [6.07, 6.45) is 1.69. The third-order valence-corrected chi connectivity index (χ3v) is 8.48. The molecule has 2 rings (SSSR count). The predicted molar refractivity (Wildman–Crippen MR) is 161 cm³/mol. The minimum absolute atomic E-state index is 0.0533. The number of nitrogens with one attached hydrogen (secondary N) is 2. The molecular formula is C30H45N2O11P. The molecule has 13 nitrogen and oxygen atoms in total. The van der Waals surface area contributed by atoms with Crippen LogP contribution >= 0.6 is 7.67 Å². The van der Waals surface area contributed by atoms with E-state index in [2.05, 4.69) is 10.2 Å². The molecule has 0 saturated carbocycles. The molecule has 2 N–H and O–H groups in total. The first-order valence-electron chi connectivity index (χ1n) is 14.4. The SMILES string of the molecule is COC(=O)CC/C(C)=C/Cc1c(OC)c(C)c2c(c1OP(=O)(N[C@@H](C)C(=O)OC(C)C)N[C@@H](C)C(=O)OC(C)C)C(=O)OC2. The lowest BCUT2D eigenvalue weighted by molar-refractivity contribution is -0.149. The molecule has 1 aromatic rings. The van der Waals surface area contributed by atoms with Crippen LogP contribution in [0.3, 0.4) is 0 Å². The van der Waals surface area contributed by atoms with E-state index in [1.165, 1.54) is 28.1 Å². The van der Waals surface area contributed by atoms with Crippen molar-refractivity contribution in [1.82, 2.24) is 10.2 Å². The van der Waals surface area contributed by atoms with E-state index in [1.807, 2.05) is 13.0 Å². The molecule has 1 heterocycles. The molecule has 1 aromatic carbocycles. The van der Waals surface area contributed by atoms with Gasteiger partial charge >= 0.3 is 31.5 Å². The van der Waals surface area contributed by atoms with Crippen molar-refractivity contribution in [2.24, 2.45) is 0 Å². The first-order valence-corrected chi connectivity index (χ1v) is 16.0. The number of ether oxygens (including phenoxy) is 5. The maximum atomic E-state index is 14.6. The number of esters is 4. The molecule has 0 saturated heterocycles. The fraction of sp³-hybridized carbons (Fsp3) is 0.600. The van der Waals surface area contributed by atoms with Crippen molar-refractivity contribution in [2.75, 3.05) is 14.2 Å². The quantitative estimate of drug-likeness (QED) is 0.113. The molecule has 1 aliphatic heterocycles. The Balaban J connectivity index is 2.68. The fourth-order valence-electron chi connectivity index (χ4n) is 4.39. The molecule has 0 aliphatic carbocycles. The number of cyclic esters (lactones) is 1. The van der Waals surface area contributed by atoms with Gasteiger partial charge in [-0.25, -0.2) is 19.5 Å². The summed E-state index contributed by atoms with van der Waals surface area (Å²) >= 11 is 0. The van der Waals surface area contributed by atoms with Gasteiger partial charge in [-0.1, -0.05) is 11.6 Å². The molecule has 246 valence electrons. The highest BCUT2D eigenvalue weighted by molar-refractivity contribution is 7.55. The number of allylic oxidation sites excluding steroid dienone is 2. The molecule has 14 heteroatoms. The zero-order valence-corrected chi connectivity index (χ0v) is 28.0. The highest BCUT2D eigenvalue weighted by atomic mass is 31.2. The lowest BCUT2D eigenvalue weighted by Crippen LogP contribution is -2.44. The summed E-state index contributed by atoms with van der Waals surface area (Å²) in [5.41, 5.74) is 2.40. The van der Waals surface area contributed by atoms with Crippen molar-refractivity contribution in [2.45, 2.75) is 106 Å². The predicted octanol–water partition coefficient (Wildman–Crippen LogP) is 4.46. The Morgan fingerprint density at radius 1 is 0.932 bits per heavy atom. The summed E-state index contributed by atoms with van der Waals surface area (Å²) in [6, 6.07) is -2.30. The third kappa shape index (κ3) is 9.80. The number of fused-ring (bicyclic) bond motifs is 1. The molecule has 0 spiro atoms. The fourth-order valence-corrected chi connectivity index (χ4v) is 6.26. The highest BCUT2D eigenvalue weighted by Crippen LogP contribution is 2.49. The third-order valence-electron chi connectivity index (χ3n) is 6.59. The Labute approximate surface area is 258 Å². The first-order chi connectivity index (χ1) is 20.5. The van der Waals surface area contributed by atoms with Crippen LogP contribution in [0.2, 0.25) is 0 Å². The van der Waals surface area contributed by atoms with Gasteiger partial charge in [0.15, 0.2) is 5.75 Å². The van der Waals surface area contributed by atoms with Crippen LogP contribution in [0.5, 0.6) is 11.5 Å². The van der Waals surface area contributed by atoms with E-state index in [4.69, 9.17) is 28.2 Å². The van der Waals surface area contributed by atoms with Crippen LogP contribution in [0.25, 0.3) is 0 Å². The number of carbonyl (C=O) groups excluding carboxylic acids is 4. The van der Waals surface area contributed by atoms with Gasteiger partial charge in [0.05, 0.1) is 26.4 Å². The molecule has 2 atom stereocenters. The van der Waals surface area contributed by atoms with E-state index in [0.29, 0.717) is 28.9 Å². The maximum Gasteiger partial charge on any atom is 0.391 e. The second-order valence-electron chi connectivity index (χ2n) is 11.0. The molecule has 0 amide bonds. The molecule has 0 aromatic heterocycles. The number of methoxy groups -OCH3 is 2. The second-order valence-corrected chi connectivity index (χ2v) is 12.8. The Hall–Kier alpha value is -3.41. The smallest absolute Gasteiger partial charge is 0.391 e. The molecule has 0 bridgehead atoms. The lowest BCUT2D eigenvalue weighted by Gasteiger charge is -2.28. The number of hydrogen-bond donors (Lipinski definition) is 2. The van der Waals surface area contributed by atoms with Gasteiger partial charge in [-0.15, -0.1) is 0 Å². The molecule has 44 heavy (non-hydrogen) atoms. The van der Waals surface area contributed by atoms with Crippen molar-refractivity contribution in [3.8, 4) is 11.5 Å². The van der Waals surface area contributed by atoms with Gasteiger partial charge in [0.1, 0.15) is 30.0 Å². The van der Waals surface area contributed by atoms with E-state index < -0.39 is 49.9 Å². The standard InChI is InChI=1S/C30H45N2O11P/c1-16(2)41-28(34)20(7)31-44(37,32-21(8)29(35)42-17(3)4)43-27-22(13-11-18(5)12-14-24(33)38-9)26(39-10)19(6)23-15-40-30(36)25(23)27/h11,16-17,20-21H,12-15H2,1-10H3,(H2,31,32,37)/b18-11+/t20-,21-/m0/s1. The van der Waals surface area contributed by atoms with Crippen LogP contribution in [0.1, 0.15) is 88.4 Å². The maximum absolute atomic E-state index is 14.6. The van der Waals surface area contributed by atoms with Gasteiger partial charge in [0.25, 0.3) is 0 Å². The van der Waals surface area contributed by atoms with Crippen molar-refractivity contribution in [1.29, 1.82) is 0 Å². The van der Waals surface area contributed by atoms with Crippen LogP contribution < -0.4 is 19.4 Å². The van der Waals surface area contributed by atoms with E-state index in [0.717, 1.165) is 5.57 Å². The van der Waals surface area contributed by atoms with E-state index in [9.17, 15) is 23.7 Å². The summed E-state index contributed by atoms with van der Waals surface area (Å²) < 4.78 is 47.0. The summed E-state index contributed by atoms with van der Waals surface area (Å²) in [4.78, 5) is 50.1. The van der Waals surface area contributed by atoms with Crippen molar-refractivity contribution >= 4 is 31.5 Å². The zero-order valence-electron chi connectivity index (χ0n) is 27.2. The normalized spacial score (nSPS) is 14.5.